The van der Waals surface area contributed by atoms with Crippen molar-refractivity contribution < 1.29 is 5.11 Å². The van der Waals surface area contributed by atoms with Crippen molar-refractivity contribution in [2.45, 2.75) is 17.8 Å². The molecule has 0 spiro atoms. The molecule has 0 fully saturated rings. The summed E-state index contributed by atoms with van der Waals surface area (Å²) < 4.78 is 0. The van der Waals surface area contributed by atoms with Gasteiger partial charge in [0.25, 0.3) is 0 Å². The standard InChI is InChI=1S/C14H24N2OS/c1-4-11-6-7-16(9-12(11)5-2)10-13(17)14(8-15)18-3/h4-5,13-14,17H,1-2,6-10,15H2,3H3. The van der Waals surface area contributed by atoms with Crippen molar-refractivity contribution in [1.29, 1.82) is 0 Å². The first kappa shape index (κ1) is 15.5. The van der Waals surface area contributed by atoms with E-state index in [4.69, 9.17) is 5.73 Å². The molecule has 2 unspecified atom stereocenters. The van der Waals surface area contributed by atoms with E-state index in [0.29, 0.717) is 13.1 Å². The lowest BCUT2D eigenvalue weighted by molar-refractivity contribution is 0.115. The molecule has 3 nitrogen and oxygen atoms in total. The molecule has 1 aliphatic rings. The second kappa shape index (κ2) is 7.79. The molecule has 0 bridgehead atoms. The highest BCUT2D eigenvalue weighted by Gasteiger charge is 2.22. The van der Waals surface area contributed by atoms with Crippen LogP contribution in [-0.2, 0) is 0 Å². The summed E-state index contributed by atoms with van der Waals surface area (Å²) in [5.41, 5.74) is 8.14. The summed E-state index contributed by atoms with van der Waals surface area (Å²) in [5, 5.41) is 10.3. The molecule has 1 heterocycles. The molecule has 1 rings (SSSR count). The summed E-state index contributed by atoms with van der Waals surface area (Å²) in [5.74, 6) is 0. The summed E-state index contributed by atoms with van der Waals surface area (Å²) in [6.07, 6.45) is 6.40. The lowest BCUT2D eigenvalue weighted by atomic mass is 9.99. The average Bonchev–Trinajstić information content (AvgIpc) is 2.40. The minimum absolute atomic E-state index is 0.113. The molecular formula is C14H24N2OS. The smallest absolute Gasteiger partial charge is 0.0797 e. The molecule has 18 heavy (non-hydrogen) atoms. The topological polar surface area (TPSA) is 49.5 Å². The van der Waals surface area contributed by atoms with Crippen molar-refractivity contribution in [3.05, 3.63) is 36.5 Å². The predicted molar refractivity (Wildman–Crippen MR) is 80.8 cm³/mol. The van der Waals surface area contributed by atoms with Gasteiger partial charge in [0.2, 0.25) is 0 Å². The third-order valence-electron chi connectivity index (χ3n) is 3.41. The zero-order chi connectivity index (χ0) is 13.5. The van der Waals surface area contributed by atoms with Gasteiger partial charge in [-0.1, -0.05) is 25.3 Å². The minimum Gasteiger partial charge on any atom is -0.391 e. The Hall–Kier alpha value is -0.550. The van der Waals surface area contributed by atoms with Crippen LogP contribution in [0.2, 0.25) is 0 Å². The molecular weight excluding hydrogens is 244 g/mol. The Balaban J connectivity index is 2.58. The van der Waals surface area contributed by atoms with Crippen LogP contribution in [0.4, 0.5) is 0 Å². The highest BCUT2D eigenvalue weighted by atomic mass is 32.2. The van der Waals surface area contributed by atoms with Crippen LogP contribution in [0.5, 0.6) is 0 Å². The number of β-amino-alcohol motifs (C(OH)–C–C–N with tert-alkyl or cyclic N) is 1. The molecule has 0 amide bonds. The zero-order valence-corrected chi connectivity index (χ0v) is 12.0. The number of allylic oxidation sites excluding steroid dienone is 1. The fourth-order valence-electron chi connectivity index (χ4n) is 2.24. The summed E-state index contributed by atoms with van der Waals surface area (Å²) in [6.45, 7) is 10.7. The van der Waals surface area contributed by atoms with E-state index in [0.717, 1.165) is 19.5 Å². The second-order valence-corrected chi connectivity index (χ2v) is 5.60. The maximum Gasteiger partial charge on any atom is 0.0797 e. The first-order valence-electron chi connectivity index (χ1n) is 6.26. The van der Waals surface area contributed by atoms with E-state index < -0.39 is 0 Å². The molecule has 102 valence electrons. The maximum absolute atomic E-state index is 10.1. The van der Waals surface area contributed by atoms with Gasteiger partial charge in [-0.3, -0.25) is 4.90 Å². The Labute approximate surface area is 114 Å². The van der Waals surface area contributed by atoms with E-state index in [2.05, 4.69) is 18.1 Å². The fourth-order valence-corrected chi connectivity index (χ4v) is 2.83. The largest absolute Gasteiger partial charge is 0.391 e. The van der Waals surface area contributed by atoms with E-state index in [-0.39, 0.29) is 11.4 Å². The van der Waals surface area contributed by atoms with Gasteiger partial charge in [-0.15, -0.1) is 0 Å². The number of aliphatic hydroxyl groups is 1. The van der Waals surface area contributed by atoms with Crippen molar-refractivity contribution in [1.82, 2.24) is 4.90 Å². The summed E-state index contributed by atoms with van der Waals surface area (Å²) in [6, 6.07) is 0. The van der Waals surface area contributed by atoms with Crippen LogP contribution in [0.3, 0.4) is 0 Å². The van der Waals surface area contributed by atoms with Gasteiger partial charge in [-0.05, 0) is 23.8 Å². The molecule has 2 atom stereocenters. The number of rotatable bonds is 7. The number of thioether (sulfide) groups is 1. The molecule has 0 aliphatic carbocycles. The maximum atomic E-state index is 10.1. The Morgan fingerprint density at radius 3 is 2.61 bits per heavy atom. The van der Waals surface area contributed by atoms with Gasteiger partial charge >= 0.3 is 0 Å². The third kappa shape index (κ3) is 3.99. The van der Waals surface area contributed by atoms with Gasteiger partial charge in [0.1, 0.15) is 0 Å². The highest BCUT2D eigenvalue weighted by Crippen LogP contribution is 2.21. The number of nitrogens with two attached hydrogens (primary N) is 1. The minimum atomic E-state index is -0.374. The number of nitrogens with zero attached hydrogens (tertiary/aromatic N) is 1. The van der Waals surface area contributed by atoms with Crippen LogP contribution in [0.15, 0.2) is 36.5 Å². The molecule has 4 heteroatoms. The fraction of sp³-hybridized carbons (Fsp3) is 0.571. The van der Waals surface area contributed by atoms with Gasteiger partial charge in [-0.25, -0.2) is 0 Å². The molecule has 3 N–H and O–H groups in total. The van der Waals surface area contributed by atoms with Gasteiger partial charge in [0, 0.05) is 31.4 Å². The number of hydrogen-bond acceptors (Lipinski definition) is 4. The Morgan fingerprint density at radius 2 is 2.11 bits per heavy atom. The quantitative estimate of drug-likeness (QED) is 0.733. The summed E-state index contributed by atoms with van der Waals surface area (Å²) in [4.78, 5) is 2.26. The van der Waals surface area contributed by atoms with Crippen LogP contribution >= 0.6 is 11.8 Å². The van der Waals surface area contributed by atoms with Crippen molar-refractivity contribution in [3.8, 4) is 0 Å². The molecule has 0 aromatic rings. The normalized spacial score (nSPS) is 20.6. The van der Waals surface area contributed by atoms with Gasteiger partial charge < -0.3 is 10.8 Å². The molecule has 0 aromatic carbocycles. The Morgan fingerprint density at radius 1 is 1.44 bits per heavy atom. The number of hydrogen-bond donors (Lipinski definition) is 2. The van der Waals surface area contributed by atoms with Crippen LogP contribution in [0.25, 0.3) is 0 Å². The van der Waals surface area contributed by atoms with Gasteiger partial charge in [0.15, 0.2) is 0 Å². The second-order valence-electron chi connectivity index (χ2n) is 4.52. The molecule has 0 saturated carbocycles. The van der Waals surface area contributed by atoms with Gasteiger partial charge in [0.05, 0.1) is 6.10 Å². The van der Waals surface area contributed by atoms with Crippen LogP contribution in [-0.4, -0.2) is 53.8 Å². The van der Waals surface area contributed by atoms with E-state index >= 15 is 0 Å². The van der Waals surface area contributed by atoms with Crippen LogP contribution in [0.1, 0.15) is 6.42 Å². The third-order valence-corrected chi connectivity index (χ3v) is 4.52. The monoisotopic (exact) mass is 268 g/mol. The Bertz CT molecular complexity index is 324. The molecule has 0 aromatic heterocycles. The summed E-state index contributed by atoms with van der Waals surface area (Å²) in [7, 11) is 0. The summed E-state index contributed by atoms with van der Waals surface area (Å²) >= 11 is 1.63. The van der Waals surface area contributed by atoms with E-state index in [9.17, 15) is 5.11 Å². The molecule has 0 saturated heterocycles. The number of aliphatic hydroxyl groups excluding tert-OH is 1. The highest BCUT2D eigenvalue weighted by molar-refractivity contribution is 7.99. The van der Waals surface area contributed by atoms with Gasteiger partial charge in [-0.2, -0.15) is 11.8 Å². The lowest BCUT2D eigenvalue weighted by Gasteiger charge is -2.32. The van der Waals surface area contributed by atoms with Crippen molar-refractivity contribution in [2.75, 3.05) is 32.4 Å². The van der Waals surface area contributed by atoms with Crippen molar-refractivity contribution in [2.24, 2.45) is 5.73 Å². The Kier molecular flexibility index (Phi) is 6.71. The van der Waals surface area contributed by atoms with E-state index in [1.54, 1.807) is 11.8 Å². The van der Waals surface area contributed by atoms with Crippen molar-refractivity contribution in [3.63, 3.8) is 0 Å². The molecule has 0 radical (unpaired) electrons. The average molecular weight is 268 g/mol. The first-order chi connectivity index (χ1) is 8.65. The van der Waals surface area contributed by atoms with Crippen molar-refractivity contribution >= 4 is 11.8 Å². The predicted octanol–water partition coefficient (Wildman–Crippen LogP) is 1.41. The zero-order valence-electron chi connectivity index (χ0n) is 11.1. The van der Waals surface area contributed by atoms with E-state index in [1.165, 1.54) is 11.1 Å². The first-order valence-corrected chi connectivity index (χ1v) is 7.55. The van der Waals surface area contributed by atoms with Crippen LogP contribution in [0, 0.1) is 0 Å². The molecule has 1 aliphatic heterocycles. The van der Waals surface area contributed by atoms with E-state index in [1.807, 2.05) is 18.4 Å². The SMILES string of the molecule is C=CC1=C(C=C)CN(CC(O)C(CN)SC)CC1. The lowest BCUT2D eigenvalue weighted by Crippen LogP contribution is -2.43. The van der Waals surface area contributed by atoms with Crippen LogP contribution < -0.4 is 5.73 Å².